The molecule has 210 valence electrons. The molecule has 5 heteroatoms. The highest BCUT2D eigenvalue weighted by Crippen LogP contribution is 2.40. The number of halogens is 2. The third-order valence-electron chi connectivity index (χ3n) is 6.91. The molecular formula is C32H51Cl2NO2. The molecule has 2 N–H and O–H groups in total. The summed E-state index contributed by atoms with van der Waals surface area (Å²) in [5, 5.41) is 22.7. The minimum atomic E-state index is -0.182. The molecule has 0 amide bonds. The lowest BCUT2D eigenvalue weighted by molar-refractivity contribution is 0.263. The Hall–Kier alpha value is -1.42. The van der Waals surface area contributed by atoms with Gasteiger partial charge in [-0.2, -0.15) is 0 Å². The SMILES string of the molecule is CC(C)(C)c1cc(CN(CCCl)Cc2cc(C(C)(C)C)cc(C(C)(C)C)c2O)c(O)c(C(C)(C)C)c1.Cl. The molecule has 0 fully saturated rings. The molecule has 0 aromatic heterocycles. The summed E-state index contributed by atoms with van der Waals surface area (Å²) in [6.07, 6.45) is 0. The molecule has 37 heavy (non-hydrogen) atoms. The molecule has 0 heterocycles. The van der Waals surface area contributed by atoms with Gasteiger partial charge in [0.1, 0.15) is 11.5 Å². The Balaban J connectivity index is 0.00000684. The van der Waals surface area contributed by atoms with Gasteiger partial charge in [0.15, 0.2) is 0 Å². The second-order valence-electron chi connectivity index (χ2n) is 14.5. The number of phenols is 2. The highest BCUT2D eigenvalue weighted by molar-refractivity contribution is 6.18. The highest BCUT2D eigenvalue weighted by atomic mass is 35.5. The van der Waals surface area contributed by atoms with Gasteiger partial charge in [-0.1, -0.05) is 107 Å². The van der Waals surface area contributed by atoms with Crippen LogP contribution in [0.5, 0.6) is 11.5 Å². The summed E-state index contributed by atoms with van der Waals surface area (Å²) in [6, 6.07) is 8.58. The topological polar surface area (TPSA) is 43.7 Å². The van der Waals surface area contributed by atoms with E-state index in [9.17, 15) is 10.2 Å². The number of phenolic OH excluding ortho intramolecular Hbond substituents is 2. The fraction of sp³-hybridized carbons (Fsp3) is 0.625. The first-order valence-corrected chi connectivity index (χ1v) is 13.7. The van der Waals surface area contributed by atoms with Crippen molar-refractivity contribution in [2.45, 2.75) is 118 Å². The Morgan fingerprint density at radius 2 is 0.919 bits per heavy atom. The Labute approximate surface area is 238 Å². The van der Waals surface area contributed by atoms with E-state index in [1.165, 1.54) is 11.1 Å². The number of rotatable bonds is 6. The Morgan fingerprint density at radius 1 is 0.595 bits per heavy atom. The predicted molar refractivity (Wildman–Crippen MR) is 163 cm³/mol. The van der Waals surface area contributed by atoms with E-state index in [-0.39, 0.29) is 34.1 Å². The van der Waals surface area contributed by atoms with Crippen molar-refractivity contribution >= 4 is 24.0 Å². The Morgan fingerprint density at radius 3 is 1.16 bits per heavy atom. The van der Waals surface area contributed by atoms with Crippen LogP contribution in [-0.4, -0.2) is 27.5 Å². The van der Waals surface area contributed by atoms with Gasteiger partial charge in [0.05, 0.1) is 0 Å². The van der Waals surface area contributed by atoms with E-state index in [1.54, 1.807) is 0 Å². The maximum Gasteiger partial charge on any atom is 0.123 e. The average Bonchev–Trinajstić information content (AvgIpc) is 2.67. The molecule has 0 bridgehead atoms. The van der Waals surface area contributed by atoms with Crippen LogP contribution in [-0.2, 0) is 34.7 Å². The first-order valence-electron chi connectivity index (χ1n) is 13.2. The van der Waals surface area contributed by atoms with E-state index in [1.807, 2.05) is 0 Å². The van der Waals surface area contributed by atoms with E-state index in [2.05, 4.69) is 112 Å². The molecule has 0 aliphatic heterocycles. The van der Waals surface area contributed by atoms with Crippen molar-refractivity contribution in [3.63, 3.8) is 0 Å². The van der Waals surface area contributed by atoms with Crippen LogP contribution in [0.1, 0.15) is 116 Å². The van der Waals surface area contributed by atoms with Crippen molar-refractivity contribution in [1.29, 1.82) is 0 Å². The standard InChI is InChI=1S/C32H50ClNO2.ClH/c1-29(2,3)23-15-21(27(35)25(17-23)31(7,8)9)19-34(14-13-33)20-22-16-24(30(4,5)6)18-26(28(22)36)32(10,11)12;/h15-18,35-36H,13-14,19-20H2,1-12H3;1H. The molecule has 3 nitrogen and oxygen atoms in total. The van der Waals surface area contributed by atoms with Gasteiger partial charge in [-0.05, 0) is 43.9 Å². The third kappa shape index (κ3) is 8.53. The van der Waals surface area contributed by atoms with Gasteiger partial charge >= 0.3 is 0 Å². The first kappa shape index (κ1) is 33.6. The summed E-state index contributed by atoms with van der Waals surface area (Å²) in [7, 11) is 0. The number of hydrogen-bond acceptors (Lipinski definition) is 3. The van der Waals surface area contributed by atoms with E-state index in [4.69, 9.17) is 11.6 Å². The summed E-state index contributed by atoms with van der Waals surface area (Å²) in [5.74, 6) is 1.19. The van der Waals surface area contributed by atoms with Gasteiger partial charge in [-0.25, -0.2) is 0 Å². The van der Waals surface area contributed by atoms with Gasteiger partial charge in [-0.15, -0.1) is 24.0 Å². The number of nitrogens with zero attached hydrogens (tertiary/aromatic N) is 1. The molecule has 0 aliphatic rings. The lowest BCUT2D eigenvalue weighted by Gasteiger charge is -2.31. The largest absolute Gasteiger partial charge is 0.507 e. The molecule has 0 saturated heterocycles. The summed E-state index contributed by atoms with van der Waals surface area (Å²) in [5.41, 5.74) is 5.70. The number of alkyl halides is 1. The van der Waals surface area contributed by atoms with Crippen molar-refractivity contribution in [3.05, 3.63) is 57.6 Å². The summed E-state index contributed by atoms with van der Waals surface area (Å²) in [4.78, 5) is 2.23. The molecule has 0 saturated carbocycles. The van der Waals surface area contributed by atoms with Crippen LogP contribution in [0.2, 0.25) is 0 Å². The maximum absolute atomic E-state index is 11.3. The van der Waals surface area contributed by atoms with Crippen LogP contribution in [0.15, 0.2) is 24.3 Å². The van der Waals surface area contributed by atoms with E-state index >= 15 is 0 Å². The van der Waals surface area contributed by atoms with E-state index in [0.29, 0.717) is 37.0 Å². The second kappa shape index (κ2) is 11.8. The second-order valence-corrected chi connectivity index (χ2v) is 14.8. The van der Waals surface area contributed by atoms with E-state index < -0.39 is 0 Å². The van der Waals surface area contributed by atoms with Gasteiger partial charge in [0.2, 0.25) is 0 Å². The molecule has 2 rings (SSSR count). The fourth-order valence-electron chi connectivity index (χ4n) is 4.45. The molecule has 0 spiro atoms. The quantitative estimate of drug-likeness (QED) is 0.352. The molecule has 0 unspecified atom stereocenters. The molecule has 0 aliphatic carbocycles. The third-order valence-corrected chi connectivity index (χ3v) is 7.08. The number of benzene rings is 2. The van der Waals surface area contributed by atoms with Crippen molar-refractivity contribution in [3.8, 4) is 11.5 Å². The van der Waals surface area contributed by atoms with Crippen LogP contribution in [0.25, 0.3) is 0 Å². The Bertz CT molecular complexity index is 981. The van der Waals surface area contributed by atoms with Gasteiger partial charge in [-0.3, -0.25) is 4.90 Å². The average molecular weight is 553 g/mol. The van der Waals surface area contributed by atoms with Gasteiger partial charge in [0, 0.05) is 36.6 Å². The predicted octanol–water partition coefficient (Wildman–Crippen LogP) is 8.95. The Kier molecular flexibility index (Phi) is 10.7. The smallest absolute Gasteiger partial charge is 0.123 e. The normalized spacial score (nSPS) is 13.1. The molecule has 0 atom stereocenters. The van der Waals surface area contributed by atoms with Crippen LogP contribution in [0.3, 0.4) is 0 Å². The van der Waals surface area contributed by atoms with Crippen molar-refractivity contribution in [2.75, 3.05) is 12.4 Å². The molecule has 0 radical (unpaired) electrons. The lowest BCUT2D eigenvalue weighted by Crippen LogP contribution is -2.27. The fourth-order valence-corrected chi connectivity index (χ4v) is 4.69. The van der Waals surface area contributed by atoms with E-state index in [0.717, 1.165) is 22.3 Å². The minimum Gasteiger partial charge on any atom is -0.507 e. The summed E-state index contributed by atoms with van der Waals surface area (Å²) in [6.45, 7) is 27.8. The lowest BCUT2D eigenvalue weighted by atomic mass is 9.78. The monoisotopic (exact) mass is 551 g/mol. The van der Waals surface area contributed by atoms with Crippen LogP contribution < -0.4 is 0 Å². The van der Waals surface area contributed by atoms with Crippen molar-refractivity contribution < 1.29 is 10.2 Å². The minimum absolute atomic E-state index is 0. The molecule has 2 aromatic carbocycles. The van der Waals surface area contributed by atoms with Crippen LogP contribution in [0, 0.1) is 0 Å². The van der Waals surface area contributed by atoms with Crippen LogP contribution in [0.4, 0.5) is 0 Å². The van der Waals surface area contributed by atoms with Crippen LogP contribution >= 0.6 is 24.0 Å². The van der Waals surface area contributed by atoms with Gasteiger partial charge in [0.25, 0.3) is 0 Å². The highest BCUT2D eigenvalue weighted by Gasteiger charge is 2.28. The molecule has 2 aromatic rings. The number of hydrogen-bond donors (Lipinski definition) is 2. The zero-order valence-corrected chi connectivity index (χ0v) is 26.8. The zero-order chi connectivity index (χ0) is 27.9. The summed E-state index contributed by atoms with van der Waals surface area (Å²) < 4.78 is 0. The maximum atomic E-state index is 11.3. The van der Waals surface area contributed by atoms with Crippen molar-refractivity contribution in [2.24, 2.45) is 0 Å². The van der Waals surface area contributed by atoms with Crippen molar-refractivity contribution in [1.82, 2.24) is 4.90 Å². The van der Waals surface area contributed by atoms with Gasteiger partial charge < -0.3 is 10.2 Å². The molecular weight excluding hydrogens is 501 g/mol. The first-order chi connectivity index (χ1) is 16.2. The summed E-state index contributed by atoms with van der Waals surface area (Å²) >= 11 is 6.26. The number of aromatic hydroxyl groups is 2. The zero-order valence-electron chi connectivity index (χ0n) is 25.3.